The summed E-state index contributed by atoms with van der Waals surface area (Å²) < 4.78 is 7.24. The van der Waals surface area contributed by atoms with Gasteiger partial charge in [-0.15, -0.1) is 0 Å². The molecule has 0 saturated carbocycles. The van der Waals surface area contributed by atoms with Crippen LogP contribution in [-0.2, 0) is 26.4 Å². The van der Waals surface area contributed by atoms with E-state index in [1.165, 1.54) is 12.1 Å². The van der Waals surface area contributed by atoms with E-state index in [1.54, 1.807) is 18.2 Å². The molecule has 1 amide bonds. The Bertz CT molecular complexity index is 733. The minimum absolute atomic E-state index is 0.0407. The van der Waals surface area contributed by atoms with Crippen molar-refractivity contribution in [3.63, 3.8) is 0 Å². The zero-order valence-electron chi connectivity index (χ0n) is 16.3. The number of furan rings is 1. The molecule has 6 nitrogen and oxygen atoms in total. The van der Waals surface area contributed by atoms with E-state index in [0.717, 1.165) is 37.1 Å². The number of hydrogen-bond acceptors (Lipinski definition) is 4. The smallest absolute Gasteiger partial charge is 0.274 e. The molecule has 1 aliphatic rings. The van der Waals surface area contributed by atoms with Gasteiger partial charge < -0.3 is 14.6 Å². The van der Waals surface area contributed by atoms with Crippen LogP contribution in [0.4, 0.5) is 0 Å². The third-order valence-corrected chi connectivity index (χ3v) is 5.13. The van der Waals surface area contributed by atoms with Crippen molar-refractivity contribution in [2.24, 2.45) is 13.0 Å². The highest BCUT2D eigenvalue weighted by Gasteiger charge is 2.29. The molecule has 0 saturated heterocycles. The first-order chi connectivity index (χ1) is 12.5. The minimum Gasteiger partial charge on any atom is -0.467 e. The van der Waals surface area contributed by atoms with Crippen LogP contribution in [0.2, 0.25) is 0 Å². The van der Waals surface area contributed by atoms with Crippen molar-refractivity contribution in [3.05, 3.63) is 41.1 Å². The Hall–Kier alpha value is -2.08. The monoisotopic (exact) mass is 358 g/mol. The highest BCUT2D eigenvalue weighted by Crippen LogP contribution is 2.25. The van der Waals surface area contributed by atoms with Crippen molar-refractivity contribution in [2.45, 2.75) is 52.1 Å². The van der Waals surface area contributed by atoms with E-state index < -0.39 is 0 Å². The highest BCUT2D eigenvalue weighted by atomic mass is 16.3. The first-order valence-electron chi connectivity index (χ1n) is 9.51. The number of nitrogens with zero attached hydrogens (tertiary/aromatic N) is 3. The molecule has 1 N–H and O–H groups in total. The third-order valence-electron chi connectivity index (χ3n) is 5.13. The number of hydrogen-bond donors (Lipinski definition) is 1. The summed E-state index contributed by atoms with van der Waals surface area (Å²) in [7, 11) is 3.74. The Labute approximate surface area is 155 Å². The summed E-state index contributed by atoms with van der Waals surface area (Å²) >= 11 is 0. The Morgan fingerprint density at radius 3 is 3.00 bits per heavy atom. The third kappa shape index (κ3) is 4.18. The van der Waals surface area contributed by atoms with Crippen molar-refractivity contribution in [1.29, 1.82) is 0 Å². The molecule has 6 heteroatoms. The lowest BCUT2D eigenvalue weighted by Gasteiger charge is -2.25. The van der Waals surface area contributed by atoms with E-state index in [1.807, 2.05) is 23.9 Å². The van der Waals surface area contributed by atoms with Crippen LogP contribution in [0.15, 0.2) is 22.8 Å². The maximum atomic E-state index is 13.0. The molecular weight excluding hydrogens is 328 g/mol. The second-order valence-corrected chi connectivity index (χ2v) is 7.71. The van der Waals surface area contributed by atoms with Gasteiger partial charge in [0.05, 0.1) is 12.8 Å². The van der Waals surface area contributed by atoms with Crippen molar-refractivity contribution >= 4 is 5.91 Å². The van der Waals surface area contributed by atoms with Crippen LogP contribution in [0.1, 0.15) is 54.2 Å². The summed E-state index contributed by atoms with van der Waals surface area (Å²) in [5.41, 5.74) is 2.89. The molecule has 0 radical (unpaired) electrons. The molecule has 0 unspecified atom stereocenters. The zero-order chi connectivity index (χ0) is 18.7. The van der Waals surface area contributed by atoms with Gasteiger partial charge in [-0.05, 0) is 50.3 Å². The van der Waals surface area contributed by atoms with E-state index in [4.69, 9.17) is 4.42 Å². The molecular formula is C20H30N4O2. The SMILES string of the molecule is CC(C)CCN[C@H]1CCc2c(c(C(=O)N(C)Cc3ccco3)nn2C)C1. The van der Waals surface area contributed by atoms with Gasteiger partial charge in [0, 0.05) is 31.4 Å². The largest absolute Gasteiger partial charge is 0.467 e. The Balaban J connectivity index is 1.70. The lowest BCUT2D eigenvalue weighted by atomic mass is 9.91. The lowest BCUT2D eigenvalue weighted by Crippen LogP contribution is -2.36. The normalized spacial score (nSPS) is 16.7. The van der Waals surface area contributed by atoms with Gasteiger partial charge in [0.1, 0.15) is 5.76 Å². The van der Waals surface area contributed by atoms with Gasteiger partial charge >= 0.3 is 0 Å². The minimum atomic E-state index is -0.0407. The van der Waals surface area contributed by atoms with Crippen LogP contribution < -0.4 is 5.32 Å². The van der Waals surface area contributed by atoms with Crippen LogP contribution in [0.5, 0.6) is 0 Å². The number of amides is 1. The molecule has 0 aliphatic heterocycles. The average molecular weight is 358 g/mol. The quantitative estimate of drug-likeness (QED) is 0.827. The van der Waals surface area contributed by atoms with Crippen molar-refractivity contribution < 1.29 is 9.21 Å². The average Bonchev–Trinajstić information content (AvgIpc) is 3.22. The summed E-state index contributed by atoms with van der Waals surface area (Å²) in [5.74, 6) is 1.44. The molecule has 3 rings (SSSR count). The number of carbonyl (C=O) groups is 1. The summed E-state index contributed by atoms with van der Waals surface area (Å²) in [4.78, 5) is 14.6. The molecule has 2 aromatic rings. The predicted molar refractivity (Wildman–Crippen MR) is 101 cm³/mol. The molecule has 2 aromatic heterocycles. The predicted octanol–water partition coefficient (Wildman–Crippen LogP) is 2.78. The number of rotatable bonds is 7. The maximum absolute atomic E-state index is 13.0. The fraction of sp³-hybridized carbons (Fsp3) is 0.600. The van der Waals surface area contributed by atoms with Gasteiger partial charge in [0.2, 0.25) is 0 Å². The Kier molecular flexibility index (Phi) is 5.81. The summed E-state index contributed by atoms with van der Waals surface area (Å²) in [6.07, 6.45) is 5.74. The Morgan fingerprint density at radius 2 is 2.31 bits per heavy atom. The number of fused-ring (bicyclic) bond motifs is 1. The van der Waals surface area contributed by atoms with Gasteiger partial charge in [-0.2, -0.15) is 5.10 Å². The van der Waals surface area contributed by atoms with Crippen LogP contribution >= 0.6 is 0 Å². The van der Waals surface area contributed by atoms with E-state index in [-0.39, 0.29) is 5.91 Å². The first kappa shape index (κ1) is 18.7. The fourth-order valence-electron chi connectivity index (χ4n) is 3.60. The number of nitrogens with one attached hydrogen (secondary N) is 1. The second-order valence-electron chi connectivity index (χ2n) is 7.71. The van der Waals surface area contributed by atoms with Crippen molar-refractivity contribution in [2.75, 3.05) is 13.6 Å². The van der Waals surface area contributed by atoms with Gasteiger partial charge in [-0.25, -0.2) is 0 Å². The van der Waals surface area contributed by atoms with E-state index in [9.17, 15) is 4.79 Å². The highest BCUT2D eigenvalue weighted by molar-refractivity contribution is 5.94. The first-order valence-corrected chi connectivity index (χ1v) is 9.51. The summed E-state index contributed by atoms with van der Waals surface area (Å²) in [5, 5.41) is 8.21. The number of carbonyl (C=O) groups excluding carboxylic acids is 1. The molecule has 1 atom stereocenters. The number of aryl methyl sites for hydroxylation is 1. The molecule has 142 valence electrons. The van der Waals surface area contributed by atoms with Crippen LogP contribution in [-0.4, -0.2) is 40.2 Å². The number of aromatic nitrogens is 2. The van der Waals surface area contributed by atoms with Crippen LogP contribution in [0.3, 0.4) is 0 Å². The van der Waals surface area contributed by atoms with Crippen molar-refractivity contribution in [3.8, 4) is 0 Å². The second kappa shape index (κ2) is 8.08. The molecule has 26 heavy (non-hydrogen) atoms. The molecule has 0 bridgehead atoms. The van der Waals surface area contributed by atoms with Crippen LogP contribution in [0, 0.1) is 5.92 Å². The van der Waals surface area contributed by atoms with Crippen molar-refractivity contribution in [1.82, 2.24) is 20.0 Å². The van der Waals surface area contributed by atoms with E-state index >= 15 is 0 Å². The fourth-order valence-corrected chi connectivity index (χ4v) is 3.60. The molecule has 0 fully saturated rings. The molecule has 0 spiro atoms. The maximum Gasteiger partial charge on any atom is 0.274 e. The zero-order valence-corrected chi connectivity index (χ0v) is 16.3. The molecule has 2 heterocycles. The summed E-state index contributed by atoms with van der Waals surface area (Å²) in [6, 6.07) is 4.14. The van der Waals surface area contributed by atoms with Gasteiger partial charge in [-0.3, -0.25) is 9.48 Å². The molecule has 1 aliphatic carbocycles. The molecule has 0 aromatic carbocycles. The lowest BCUT2D eigenvalue weighted by molar-refractivity contribution is 0.0767. The van der Waals surface area contributed by atoms with Gasteiger partial charge in [0.15, 0.2) is 5.69 Å². The van der Waals surface area contributed by atoms with Gasteiger partial charge in [-0.1, -0.05) is 13.8 Å². The standard InChI is InChI=1S/C20H30N4O2/c1-14(2)9-10-21-15-7-8-18-17(12-15)19(22-24(18)4)20(25)23(3)13-16-6-5-11-26-16/h5-6,11,14-15,21H,7-10,12-13H2,1-4H3/t15-/m0/s1. The Morgan fingerprint density at radius 1 is 1.50 bits per heavy atom. The van der Waals surface area contributed by atoms with E-state index in [0.29, 0.717) is 24.2 Å². The topological polar surface area (TPSA) is 63.3 Å². The summed E-state index contributed by atoms with van der Waals surface area (Å²) in [6.45, 7) is 5.97. The van der Waals surface area contributed by atoms with Gasteiger partial charge in [0.25, 0.3) is 5.91 Å². The van der Waals surface area contributed by atoms with E-state index in [2.05, 4.69) is 24.3 Å². The van der Waals surface area contributed by atoms with Crippen LogP contribution in [0.25, 0.3) is 0 Å².